The number of nitrogens with zero attached hydrogens (tertiary/aromatic N) is 2. The molecule has 206 valence electrons. The molecule has 11 nitrogen and oxygen atoms in total. The van der Waals surface area contributed by atoms with E-state index >= 15 is 0 Å². The quantitative estimate of drug-likeness (QED) is 0.169. The summed E-state index contributed by atoms with van der Waals surface area (Å²) in [5.74, 6) is -2.07. The molecule has 3 rings (SSSR count). The molecule has 1 atom stereocenters. The van der Waals surface area contributed by atoms with Gasteiger partial charge in [-0.1, -0.05) is 24.3 Å². The lowest BCUT2D eigenvalue weighted by Gasteiger charge is -2.39. The van der Waals surface area contributed by atoms with Crippen LogP contribution < -0.4 is 5.32 Å². The number of ether oxygens (including phenoxy) is 1. The van der Waals surface area contributed by atoms with Gasteiger partial charge in [-0.2, -0.15) is 0 Å². The topological polar surface area (TPSA) is 159 Å². The number of amides is 1. The van der Waals surface area contributed by atoms with Gasteiger partial charge in [-0.15, -0.1) is 0 Å². The van der Waals surface area contributed by atoms with Crippen molar-refractivity contribution in [3.8, 4) is 5.75 Å². The number of aliphatic carboxylic acids is 1. The summed E-state index contributed by atoms with van der Waals surface area (Å²) >= 11 is 0. The summed E-state index contributed by atoms with van der Waals surface area (Å²) in [5, 5.41) is 33.8. The predicted octanol–water partition coefficient (Wildman–Crippen LogP) is 3.43. The Morgan fingerprint density at radius 3 is 2.46 bits per heavy atom. The lowest BCUT2D eigenvalue weighted by molar-refractivity contribution is -0.384. The normalized spacial score (nSPS) is 15.3. The SMILES string of the molecule is CCOC(=O)C1=C(c2cccc([N+](=O)[O-])c2)C(C(=O)O)=C(C)N(CCCNC(=O)Cc2ccc(O)cc2)C1C. The summed E-state index contributed by atoms with van der Waals surface area (Å²) in [7, 11) is 0. The van der Waals surface area contributed by atoms with Gasteiger partial charge < -0.3 is 25.2 Å². The van der Waals surface area contributed by atoms with E-state index in [0.717, 1.165) is 5.56 Å². The molecule has 0 aliphatic carbocycles. The molecule has 3 N–H and O–H groups in total. The van der Waals surface area contributed by atoms with Gasteiger partial charge in [0, 0.05) is 36.5 Å². The number of phenolic OH excluding ortho intramolecular Hbond substituents is 1. The van der Waals surface area contributed by atoms with Crippen molar-refractivity contribution in [2.75, 3.05) is 19.7 Å². The number of nitro benzene ring substituents is 1. The fraction of sp³-hybridized carbons (Fsp3) is 0.321. The summed E-state index contributed by atoms with van der Waals surface area (Å²) in [6.07, 6.45) is 0.600. The molecule has 0 fully saturated rings. The number of carbonyl (C=O) groups excluding carboxylic acids is 2. The summed E-state index contributed by atoms with van der Waals surface area (Å²) in [4.78, 5) is 50.5. The van der Waals surface area contributed by atoms with Crippen molar-refractivity contribution in [2.45, 2.75) is 39.7 Å². The predicted molar refractivity (Wildman–Crippen MR) is 143 cm³/mol. The second-order valence-corrected chi connectivity index (χ2v) is 9.00. The third-order valence-corrected chi connectivity index (χ3v) is 6.45. The molecule has 2 aromatic rings. The van der Waals surface area contributed by atoms with E-state index in [1.807, 2.05) is 0 Å². The number of esters is 1. The Morgan fingerprint density at radius 1 is 1.15 bits per heavy atom. The summed E-state index contributed by atoms with van der Waals surface area (Å²) < 4.78 is 5.27. The zero-order chi connectivity index (χ0) is 28.7. The largest absolute Gasteiger partial charge is 0.508 e. The number of carboxylic acids is 1. The zero-order valence-electron chi connectivity index (χ0n) is 22.0. The van der Waals surface area contributed by atoms with Gasteiger partial charge in [-0.25, -0.2) is 9.59 Å². The maximum Gasteiger partial charge on any atom is 0.338 e. The lowest BCUT2D eigenvalue weighted by atomic mass is 9.84. The highest BCUT2D eigenvalue weighted by molar-refractivity contribution is 6.14. The molecule has 0 bridgehead atoms. The lowest BCUT2D eigenvalue weighted by Crippen LogP contribution is -2.42. The van der Waals surface area contributed by atoms with E-state index < -0.39 is 22.9 Å². The summed E-state index contributed by atoms with van der Waals surface area (Å²) in [6.45, 7) is 5.71. The van der Waals surface area contributed by atoms with Crippen LogP contribution >= 0.6 is 0 Å². The Labute approximate surface area is 225 Å². The average molecular weight is 538 g/mol. The Balaban J connectivity index is 1.86. The van der Waals surface area contributed by atoms with Gasteiger partial charge in [0.25, 0.3) is 5.69 Å². The van der Waals surface area contributed by atoms with Gasteiger partial charge in [0.2, 0.25) is 5.91 Å². The van der Waals surface area contributed by atoms with E-state index in [4.69, 9.17) is 4.74 Å². The van der Waals surface area contributed by atoms with Crippen LogP contribution in [0.15, 0.2) is 65.4 Å². The first kappa shape index (κ1) is 28.9. The number of hydrogen-bond donors (Lipinski definition) is 3. The monoisotopic (exact) mass is 537 g/mol. The molecule has 0 saturated carbocycles. The number of carboxylic acid groups (broad SMARTS) is 1. The van der Waals surface area contributed by atoms with E-state index in [9.17, 15) is 34.7 Å². The van der Waals surface area contributed by atoms with Crippen LogP contribution in [0.1, 0.15) is 38.3 Å². The minimum Gasteiger partial charge on any atom is -0.508 e. The molecule has 0 aromatic heterocycles. The van der Waals surface area contributed by atoms with Crippen molar-refractivity contribution < 1.29 is 34.3 Å². The number of allylic oxidation sites excluding steroid dienone is 1. The van der Waals surface area contributed by atoms with Crippen LogP contribution in [0.25, 0.3) is 5.57 Å². The molecular formula is C28H31N3O8. The fourth-order valence-electron chi connectivity index (χ4n) is 4.63. The van der Waals surface area contributed by atoms with Crippen molar-refractivity contribution in [2.24, 2.45) is 0 Å². The van der Waals surface area contributed by atoms with Crippen molar-refractivity contribution in [1.82, 2.24) is 10.2 Å². The first-order valence-electron chi connectivity index (χ1n) is 12.5. The molecule has 2 aromatic carbocycles. The minimum absolute atomic E-state index is 0.0649. The van der Waals surface area contributed by atoms with Gasteiger partial charge in [-0.3, -0.25) is 14.9 Å². The first-order valence-corrected chi connectivity index (χ1v) is 12.5. The van der Waals surface area contributed by atoms with E-state index in [2.05, 4.69) is 5.32 Å². The van der Waals surface area contributed by atoms with Crippen LogP contribution in [0.4, 0.5) is 5.69 Å². The van der Waals surface area contributed by atoms with Crippen molar-refractivity contribution in [1.29, 1.82) is 0 Å². The third-order valence-electron chi connectivity index (χ3n) is 6.45. The molecule has 1 aliphatic heterocycles. The van der Waals surface area contributed by atoms with Crippen LogP contribution in [0.2, 0.25) is 0 Å². The molecule has 0 spiro atoms. The number of carbonyl (C=O) groups is 3. The molecule has 1 unspecified atom stereocenters. The van der Waals surface area contributed by atoms with Gasteiger partial charge >= 0.3 is 11.9 Å². The van der Waals surface area contributed by atoms with Crippen LogP contribution in [0.5, 0.6) is 5.75 Å². The fourth-order valence-corrected chi connectivity index (χ4v) is 4.63. The molecule has 11 heteroatoms. The Hall–Kier alpha value is -4.67. The van der Waals surface area contributed by atoms with Crippen molar-refractivity contribution >= 4 is 29.1 Å². The maximum atomic E-state index is 13.1. The highest BCUT2D eigenvalue weighted by Crippen LogP contribution is 2.39. The number of benzene rings is 2. The van der Waals surface area contributed by atoms with Crippen LogP contribution in [-0.2, 0) is 25.5 Å². The molecular weight excluding hydrogens is 506 g/mol. The zero-order valence-corrected chi connectivity index (χ0v) is 22.0. The van der Waals surface area contributed by atoms with Gasteiger partial charge in [0.05, 0.1) is 35.1 Å². The molecule has 1 heterocycles. The maximum absolute atomic E-state index is 13.1. The number of nitro groups is 1. The van der Waals surface area contributed by atoms with Gasteiger partial charge in [0.15, 0.2) is 0 Å². The molecule has 0 radical (unpaired) electrons. The van der Waals surface area contributed by atoms with Crippen LogP contribution in [-0.4, -0.2) is 63.6 Å². The summed E-state index contributed by atoms with van der Waals surface area (Å²) in [6, 6.07) is 11.2. The Morgan fingerprint density at radius 2 is 1.85 bits per heavy atom. The highest BCUT2D eigenvalue weighted by Gasteiger charge is 2.38. The standard InChI is InChI=1S/C28H31N3O8/c1-4-39-28(36)25-18(3)30(14-6-13-29-23(33)15-19-9-11-22(32)12-10-19)17(2)24(27(34)35)26(25)20-7-5-8-21(16-20)31(37)38/h5,7-12,16,18,32H,4,6,13-15H2,1-3H3,(H,29,33)(H,34,35). The molecule has 0 saturated heterocycles. The summed E-state index contributed by atoms with van der Waals surface area (Å²) in [5.41, 5.74) is 1.18. The Kier molecular flexibility index (Phi) is 9.43. The molecule has 1 aliphatic rings. The van der Waals surface area contributed by atoms with E-state index in [1.54, 1.807) is 37.8 Å². The third kappa shape index (κ3) is 6.81. The second-order valence-electron chi connectivity index (χ2n) is 9.00. The van der Waals surface area contributed by atoms with E-state index in [-0.39, 0.29) is 52.7 Å². The van der Waals surface area contributed by atoms with Crippen molar-refractivity contribution in [3.63, 3.8) is 0 Å². The van der Waals surface area contributed by atoms with Crippen LogP contribution in [0.3, 0.4) is 0 Å². The number of aromatic hydroxyl groups is 1. The average Bonchev–Trinajstić information content (AvgIpc) is 2.89. The molecule has 39 heavy (non-hydrogen) atoms. The molecule has 1 amide bonds. The van der Waals surface area contributed by atoms with E-state index in [0.29, 0.717) is 25.2 Å². The smallest absolute Gasteiger partial charge is 0.338 e. The van der Waals surface area contributed by atoms with Gasteiger partial charge in [0.1, 0.15) is 5.75 Å². The van der Waals surface area contributed by atoms with E-state index in [1.165, 1.54) is 36.4 Å². The number of non-ortho nitro benzene ring substituents is 1. The van der Waals surface area contributed by atoms with Crippen molar-refractivity contribution in [3.05, 3.63) is 86.6 Å². The number of hydrogen-bond acceptors (Lipinski definition) is 8. The van der Waals surface area contributed by atoms with Crippen LogP contribution in [0, 0.1) is 10.1 Å². The highest BCUT2D eigenvalue weighted by atomic mass is 16.6. The number of nitrogens with one attached hydrogen (secondary N) is 1. The Bertz CT molecular complexity index is 1330. The number of phenols is 1. The number of rotatable bonds is 11. The second kappa shape index (κ2) is 12.7. The minimum atomic E-state index is -1.28. The van der Waals surface area contributed by atoms with Gasteiger partial charge in [-0.05, 0) is 50.5 Å². The first-order chi connectivity index (χ1) is 18.5.